The summed E-state index contributed by atoms with van der Waals surface area (Å²) in [4.78, 5) is 11.7. The molecule has 17 heavy (non-hydrogen) atoms. The van der Waals surface area contributed by atoms with Crippen LogP contribution in [0.5, 0.6) is 5.75 Å². The Bertz CT molecular complexity index is 389. The van der Waals surface area contributed by atoms with Gasteiger partial charge in [-0.15, -0.1) is 0 Å². The van der Waals surface area contributed by atoms with Crippen LogP contribution in [0.3, 0.4) is 0 Å². The molecule has 0 spiro atoms. The second-order valence-corrected chi connectivity index (χ2v) is 3.84. The van der Waals surface area contributed by atoms with Crippen LogP contribution in [0.1, 0.15) is 12.0 Å². The first-order chi connectivity index (χ1) is 8.06. The maximum atomic E-state index is 11.7. The molecule has 94 valence electrons. The van der Waals surface area contributed by atoms with E-state index in [1.165, 1.54) is 13.2 Å². The number of benzene rings is 1. The van der Waals surface area contributed by atoms with E-state index in [1.54, 1.807) is 12.1 Å². The molecule has 5 heteroatoms. The molecule has 1 aromatic carbocycles. The Morgan fingerprint density at radius 2 is 2.29 bits per heavy atom. The van der Waals surface area contributed by atoms with Crippen molar-refractivity contribution in [2.75, 3.05) is 19.0 Å². The van der Waals surface area contributed by atoms with Crippen molar-refractivity contribution >= 4 is 11.6 Å². The highest BCUT2D eigenvalue weighted by atomic mass is 16.5. The molecule has 1 atom stereocenters. The minimum atomic E-state index is -0.271. The maximum Gasteiger partial charge on any atom is 0.227 e. The number of hydrogen-bond donors (Lipinski definition) is 3. The number of aryl methyl sites for hydroxylation is 1. The number of nitrogens with one attached hydrogen (secondary N) is 1. The molecule has 0 heterocycles. The third-order valence-corrected chi connectivity index (χ3v) is 2.49. The molecule has 0 aromatic heterocycles. The first kappa shape index (κ1) is 13.5. The molecule has 4 N–H and O–H groups in total. The zero-order valence-corrected chi connectivity index (χ0v) is 10.1. The van der Waals surface area contributed by atoms with Crippen molar-refractivity contribution in [3.05, 3.63) is 23.8 Å². The highest BCUT2D eigenvalue weighted by Crippen LogP contribution is 2.20. The number of ether oxygens (including phenoxy) is 1. The average Bonchev–Trinajstić information content (AvgIpc) is 2.29. The van der Waals surface area contributed by atoms with Crippen LogP contribution in [0.2, 0.25) is 0 Å². The van der Waals surface area contributed by atoms with Gasteiger partial charge in [-0.2, -0.15) is 0 Å². The van der Waals surface area contributed by atoms with Gasteiger partial charge in [0.2, 0.25) is 5.91 Å². The Morgan fingerprint density at radius 3 is 2.82 bits per heavy atom. The lowest BCUT2D eigenvalue weighted by Crippen LogP contribution is -2.28. The van der Waals surface area contributed by atoms with Gasteiger partial charge < -0.3 is 20.9 Å². The number of phenolic OH excluding ortho intramolecular Hbond substituents is 1. The number of carbonyl (C=O) groups excluding carboxylic acids is 1. The van der Waals surface area contributed by atoms with Crippen molar-refractivity contribution in [2.24, 2.45) is 5.73 Å². The van der Waals surface area contributed by atoms with Crippen LogP contribution < -0.4 is 11.1 Å². The lowest BCUT2D eigenvalue weighted by Gasteiger charge is -2.13. The predicted octanol–water partition coefficient (Wildman–Crippen LogP) is 1.00. The van der Waals surface area contributed by atoms with Crippen LogP contribution in [0.4, 0.5) is 5.69 Å². The Morgan fingerprint density at radius 1 is 1.59 bits per heavy atom. The number of methoxy groups -OCH3 is 1. The normalized spacial score (nSPS) is 12.2. The van der Waals surface area contributed by atoms with E-state index in [0.717, 1.165) is 5.56 Å². The van der Waals surface area contributed by atoms with E-state index in [1.807, 2.05) is 6.92 Å². The zero-order valence-electron chi connectivity index (χ0n) is 10.1. The molecule has 5 nitrogen and oxygen atoms in total. The zero-order chi connectivity index (χ0) is 12.8. The van der Waals surface area contributed by atoms with E-state index in [-0.39, 0.29) is 24.2 Å². The lowest BCUT2D eigenvalue weighted by atomic mass is 10.1. The first-order valence-electron chi connectivity index (χ1n) is 5.39. The molecular formula is C12H18N2O3. The third-order valence-electron chi connectivity index (χ3n) is 2.49. The molecule has 1 aromatic rings. The fraction of sp³-hybridized carbons (Fsp3) is 0.417. The molecule has 0 aliphatic heterocycles. The smallest absolute Gasteiger partial charge is 0.227 e. The fourth-order valence-corrected chi connectivity index (χ4v) is 1.46. The fourth-order valence-electron chi connectivity index (χ4n) is 1.46. The summed E-state index contributed by atoms with van der Waals surface area (Å²) in [6.07, 6.45) is -0.0553. The van der Waals surface area contributed by atoms with Gasteiger partial charge in [0, 0.05) is 19.3 Å². The van der Waals surface area contributed by atoms with Crippen molar-refractivity contribution in [2.45, 2.75) is 19.4 Å². The Kier molecular flexibility index (Phi) is 4.93. The number of aromatic hydroxyl groups is 1. The number of phenols is 1. The van der Waals surface area contributed by atoms with Crippen LogP contribution in [0.25, 0.3) is 0 Å². The van der Waals surface area contributed by atoms with E-state index < -0.39 is 0 Å². The summed E-state index contributed by atoms with van der Waals surface area (Å²) in [5, 5.41) is 12.0. The molecule has 0 radical (unpaired) electrons. The van der Waals surface area contributed by atoms with Crippen molar-refractivity contribution in [3.63, 3.8) is 0 Å². The van der Waals surface area contributed by atoms with Gasteiger partial charge in [0.05, 0.1) is 12.5 Å². The van der Waals surface area contributed by atoms with E-state index >= 15 is 0 Å². The Balaban J connectivity index is 2.62. The minimum Gasteiger partial charge on any atom is -0.508 e. The summed E-state index contributed by atoms with van der Waals surface area (Å²) in [6, 6.07) is 4.78. The topological polar surface area (TPSA) is 84.6 Å². The van der Waals surface area contributed by atoms with Crippen molar-refractivity contribution in [1.29, 1.82) is 0 Å². The van der Waals surface area contributed by atoms with Crippen molar-refractivity contribution in [3.8, 4) is 5.75 Å². The standard InChI is InChI=1S/C12H18N2O3/c1-8-5-9(15)3-4-11(8)14-12(16)6-10(7-13)17-2/h3-5,10,15H,6-7,13H2,1-2H3,(H,14,16). The van der Waals surface area contributed by atoms with Crippen molar-refractivity contribution < 1.29 is 14.6 Å². The summed E-state index contributed by atoms with van der Waals surface area (Å²) >= 11 is 0. The number of hydrogen-bond acceptors (Lipinski definition) is 4. The summed E-state index contributed by atoms with van der Waals surface area (Å²) in [5.41, 5.74) is 6.92. The van der Waals surface area contributed by atoms with Gasteiger partial charge in [-0.05, 0) is 30.7 Å². The predicted molar refractivity (Wildman–Crippen MR) is 65.9 cm³/mol. The molecule has 1 rings (SSSR count). The highest BCUT2D eigenvalue weighted by Gasteiger charge is 2.12. The summed E-state index contributed by atoms with van der Waals surface area (Å²) < 4.78 is 5.03. The van der Waals surface area contributed by atoms with Gasteiger partial charge >= 0.3 is 0 Å². The first-order valence-corrected chi connectivity index (χ1v) is 5.39. The van der Waals surface area contributed by atoms with Crippen LogP contribution in [0, 0.1) is 6.92 Å². The van der Waals surface area contributed by atoms with Gasteiger partial charge in [0.15, 0.2) is 0 Å². The summed E-state index contributed by atoms with van der Waals surface area (Å²) in [7, 11) is 1.52. The van der Waals surface area contributed by atoms with Gasteiger partial charge in [0.1, 0.15) is 5.75 Å². The van der Waals surface area contributed by atoms with Gasteiger partial charge in [-0.1, -0.05) is 0 Å². The molecule has 1 amide bonds. The monoisotopic (exact) mass is 238 g/mol. The maximum absolute atomic E-state index is 11.7. The lowest BCUT2D eigenvalue weighted by molar-refractivity contribution is -0.118. The number of amides is 1. The van der Waals surface area contributed by atoms with Crippen LogP contribution in [0.15, 0.2) is 18.2 Å². The number of nitrogens with two attached hydrogens (primary N) is 1. The van der Waals surface area contributed by atoms with Crippen molar-refractivity contribution in [1.82, 2.24) is 0 Å². The molecule has 0 aliphatic carbocycles. The van der Waals surface area contributed by atoms with E-state index in [0.29, 0.717) is 12.2 Å². The number of rotatable bonds is 5. The highest BCUT2D eigenvalue weighted by molar-refractivity contribution is 5.91. The summed E-state index contributed by atoms with van der Waals surface area (Å²) in [6.45, 7) is 2.12. The van der Waals surface area contributed by atoms with Crippen LogP contribution in [-0.4, -0.2) is 30.8 Å². The van der Waals surface area contributed by atoms with E-state index in [2.05, 4.69) is 5.32 Å². The number of anilines is 1. The van der Waals surface area contributed by atoms with Gasteiger partial charge in [-0.3, -0.25) is 4.79 Å². The molecule has 0 bridgehead atoms. The average molecular weight is 238 g/mol. The Labute approximate surface area is 101 Å². The largest absolute Gasteiger partial charge is 0.508 e. The molecule has 0 saturated carbocycles. The Hall–Kier alpha value is -1.59. The quantitative estimate of drug-likeness (QED) is 0.668. The van der Waals surface area contributed by atoms with E-state index in [4.69, 9.17) is 10.5 Å². The van der Waals surface area contributed by atoms with Crippen LogP contribution in [-0.2, 0) is 9.53 Å². The second-order valence-electron chi connectivity index (χ2n) is 3.84. The molecule has 0 fully saturated rings. The summed E-state index contributed by atoms with van der Waals surface area (Å²) in [5.74, 6) is 0.0216. The third kappa shape index (κ3) is 4.05. The minimum absolute atomic E-state index is 0.156. The van der Waals surface area contributed by atoms with E-state index in [9.17, 15) is 9.90 Å². The molecule has 0 saturated heterocycles. The molecular weight excluding hydrogens is 220 g/mol. The number of carbonyl (C=O) groups is 1. The molecule has 0 aliphatic rings. The SMILES string of the molecule is COC(CN)CC(=O)Nc1ccc(O)cc1C. The van der Waals surface area contributed by atoms with Gasteiger partial charge in [0.25, 0.3) is 0 Å². The van der Waals surface area contributed by atoms with Gasteiger partial charge in [-0.25, -0.2) is 0 Å². The molecule has 1 unspecified atom stereocenters. The van der Waals surface area contributed by atoms with Crippen LogP contribution >= 0.6 is 0 Å². The second kappa shape index (κ2) is 6.22.